The van der Waals surface area contributed by atoms with Gasteiger partial charge in [0.2, 0.25) is 0 Å². The summed E-state index contributed by atoms with van der Waals surface area (Å²) in [5.41, 5.74) is 6.15. The van der Waals surface area contributed by atoms with E-state index in [-0.39, 0.29) is 17.7 Å². The van der Waals surface area contributed by atoms with E-state index in [1.54, 1.807) is 14.2 Å². The van der Waals surface area contributed by atoms with Gasteiger partial charge in [-0.2, -0.15) is 0 Å². The second-order valence-electron chi connectivity index (χ2n) is 5.35. The lowest BCUT2D eigenvalue weighted by atomic mass is 9.89. The Morgan fingerprint density at radius 3 is 2.39 bits per heavy atom. The van der Waals surface area contributed by atoms with E-state index in [2.05, 4.69) is 4.90 Å². The van der Waals surface area contributed by atoms with Crippen LogP contribution in [0.4, 0.5) is 0 Å². The molecule has 0 bridgehead atoms. The highest BCUT2D eigenvalue weighted by atomic mass is 16.5. The number of hydrogen-bond acceptors (Lipinski definition) is 5. The van der Waals surface area contributed by atoms with Gasteiger partial charge in [-0.3, -0.25) is 4.90 Å². The lowest BCUT2D eigenvalue weighted by molar-refractivity contribution is -0.00461. The lowest BCUT2D eigenvalue weighted by Gasteiger charge is -2.40. The molecule has 3 atom stereocenters. The van der Waals surface area contributed by atoms with Crippen LogP contribution in [0.5, 0.6) is 0 Å². The predicted octanol–water partition coefficient (Wildman–Crippen LogP) is 0.230. The van der Waals surface area contributed by atoms with Gasteiger partial charge in [0.25, 0.3) is 0 Å². The molecule has 5 nitrogen and oxygen atoms in total. The second kappa shape index (κ2) is 6.30. The molecule has 0 spiro atoms. The molecule has 18 heavy (non-hydrogen) atoms. The molecule has 3 unspecified atom stereocenters. The lowest BCUT2D eigenvalue weighted by Crippen LogP contribution is -2.53. The van der Waals surface area contributed by atoms with Crippen LogP contribution in [0, 0.1) is 0 Å². The van der Waals surface area contributed by atoms with E-state index in [4.69, 9.17) is 19.9 Å². The van der Waals surface area contributed by atoms with Crippen molar-refractivity contribution in [3.8, 4) is 0 Å². The van der Waals surface area contributed by atoms with Gasteiger partial charge in [0.1, 0.15) is 0 Å². The molecule has 0 aromatic carbocycles. The minimum Gasteiger partial charge on any atom is -0.381 e. The van der Waals surface area contributed by atoms with Crippen molar-refractivity contribution in [2.45, 2.75) is 37.0 Å². The summed E-state index contributed by atoms with van der Waals surface area (Å²) >= 11 is 0. The Kier molecular flexibility index (Phi) is 4.98. The van der Waals surface area contributed by atoms with Crippen LogP contribution >= 0.6 is 0 Å². The van der Waals surface area contributed by atoms with Gasteiger partial charge in [0.15, 0.2) is 0 Å². The minimum atomic E-state index is 0.0700. The van der Waals surface area contributed by atoms with Crippen molar-refractivity contribution in [3.05, 3.63) is 0 Å². The van der Waals surface area contributed by atoms with Crippen LogP contribution in [0.2, 0.25) is 0 Å². The number of likely N-dealkylation sites (tertiary alicyclic amines) is 1. The van der Waals surface area contributed by atoms with E-state index >= 15 is 0 Å². The highest BCUT2D eigenvalue weighted by molar-refractivity contribution is 4.99. The van der Waals surface area contributed by atoms with E-state index in [1.165, 1.54) is 0 Å². The van der Waals surface area contributed by atoms with Crippen molar-refractivity contribution in [1.29, 1.82) is 0 Å². The third kappa shape index (κ3) is 2.70. The third-order valence-electron chi connectivity index (χ3n) is 4.51. The molecule has 0 aromatic heterocycles. The summed E-state index contributed by atoms with van der Waals surface area (Å²) in [5.74, 6) is 0. The first-order chi connectivity index (χ1) is 8.75. The SMILES string of the molecule is COC1CN(C2(CN)CCCOCC2)CC1OC. The molecule has 2 fully saturated rings. The molecule has 2 saturated heterocycles. The number of nitrogens with zero attached hydrogens (tertiary/aromatic N) is 1. The summed E-state index contributed by atoms with van der Waals surface area (Å²) in [7, 11) is 3.51. The smallest absolute Gasteiger partial charge is 0.0972 e. The zero-order valence-corrected chi connectivity index (χ0v) is 11.6. The Labute approximate surface area is 110 Å². The Morgan fingerprint density at radius 1 is 1.17 bits per heavy atom. The maximum atomic E-state index is 6.08. The molecule has 2 aliphatic heterocycles. The number of methoxy groups -OCH3 is 2. The van der Waals surface area contributed by atoms with Gasteiger partial charge in [-0.1, -0.05) is 0 Å². The maximum absolute atomic E-state index is 6.08. The molecule has 0 aromatic rings. The van der Waals surface area contributed by atoms with Crippen LogP contribution in [0.25, 0.3) is 0 Å². The minimum absolute atomic E-state index is 0.0700. The Bertz CT molecular complexity index is 243. The topological polar surface area (TPSA) is 57.0 Å². The molecule has 0 radical (unpaired) electrons. The third-order valence-corrected chi connectivity index (χ3v) is 4.51. The van der Waals surface area contributed by atoms with Gasteiger partial charge in [0, 0.05) is 52.6 Å². The molecule has 2 N–H and O–H groups in total. The van der Waals surface area contributed by atoms with Gasteiger partial charge in [0.05, 0.1) is 12.2 Å². The zero-order valence-electron chi connectivity index (χ0n) is 11.6. The van der Waals surface area contributed by atoms with Gasteiger partial charge >= 0.3 is 0 Å². The normalized spacial score (nSPS) is 38.8. The maximum Gasteiger partial charge on any atom is 0.0972 e. The zero-order chi connectivity index (χ0) is 13.0. The summed E-state index contributed by atoms with van der Waals surface area (Å²) in [4.78, 5) is 2.46. The average Bonchev–Trinajstić information content (AvgIpc) is 2.69. The molecular formula is C13H26N2O3. The number of nitrogens with two attached hydrogens (primary N) is 1. The van der Waals surface area contributed by atoms with E-state index in [0.717, 1.165) is 45.6 Å². The van der Waals surface area contributed by atoms with E-state index < -0.39 is 0 Å². The Balaban J connectivity index is 2.08. The van der Waals surface area contributed by atoms with Crippen molar-refractivity contribution in [2.75, 3.05) is 47.1 Å². The summed E-state index contributed by atoms with van der Waals surface area (Å²) in [5, 5.41) is 0. The van der Waals surface area contributed by atoms with E-state index in [1.807, 2.05) is 0 Å². The number of hydrogen-bond donors (Lipinski definition) is 1. The van der Waals surface area contributed by atoms with E-state index in [0.29, 0.717) is 6.54 Å². The number of ether oxygens (including phenoxy) is 3. The van der Waals surface area contributed by atoms with Gasteiger partial charge in [-0.25, -0.2) is 0 Å². The molecule has 0 amide bonds. The summed E-state index contributed by atoms with van der Waals surface area (Å²) in [6.45, 7) is 4.17. The molecule has 2 heterocycles. The standard InChI is InChI=1S/C13H26N2O3/c1-16-11-8-15(9-12(11)17-2)13(10-14)4-3-6-18-7-5-13/h11-12H,3-10,14H2,1-2H3. The van der Waals surface area contributed by atoms with Crippen LogP contribution < -0.4 is 5.73 Å². The molecule has 2 aliphatic rings. The molecule has 2 rings (SSSR count). The van der Waals surface area contributed by atoms with Crippen molar-refractivity contribution in [2.24, 2.45) is 5.73 Å². The van der Waals surface area contributed by atoms with Crippen molar-refractivity contribution in [1.82, 2.24) is 4.90 Å². The van der Waals surface area contributed by atoms with Crippen LogP contribution in [-0.4, -0.2) is 69.7 Å². The molecular weight excluding hydrogens is 232 g/mol. The van der Waals surface area contributed by atoms with Crippen molar-refractivity contribution >= 4 is 0 Å². The fourth-order valence-corrected chi connectivity index (χ4v) is 3.23. The van der Waals surface area contributed by atoms with Gasteiger partial charge in [-0.15, -0.1) is 0 Å². The highest BCUT2D eigenvalue weighted by Gasteiger charge is 2.44. The monoisotopic (exact) mass is 258 g/mol. The van der Waals surface area contributed by atoms with Crippen LogP contribution in [-0.2, 0) is 14.2 Å². The van der Waals surface area contributed by atoms with Crippen LogP contribution in [0.3, 0.4) is 0 Å². The predicted molar refractivity (Wildman–Crippen MR) is 69.6 cm³/mol. The Hall–Kier alpha value is -0.200. The van der Waals surface area contributed by atoms with Crippen LogP contribution in [0.15, 0.2) is 0 Å². The summed E-state index contributed by atoms with van der Waals surface area (Å²) < 4.78 is 16.6. The molecule has 0 saturated carbocycles. The fraction of sp³-hybridized carbons (Fsp3) is 1.00. The van der Waals surface area contributed by atoms with Crippen molar-refractivity contribution in [3.63, 3.8) is 0 Å². The molecule has 0 aliphatic carbocycles. The van der Waals surface area contributed by atoms with Crippen molar-refractivity contribution < 1.29 is 14.2 Å². The first-order valence-electron chi connectivity index (χ1n) is 6.84. The van der Waals surface area contributed by atoms with Gasteiger partial charge in [-0.05, 0) is 19.3 Å². The van der Waals surface area contributed by atoms with Crippen LogP contribution in [0.1, 0.15) is 19.3 Å². The second-order valence-corrected chi connectivity index (χ2v) is 5.35. The fourth-order valence-electron chi connectivity index (χ4n) is 3.23. The van der Waals surface area contributed by atoms with Gasteiger partial charge < -0.3 is 19.9 Å². The molecule has 5 heteroatoms. The first kappa shape index (κ1) is 14.2. The quantitative estimate of drug-likeness (QED) is 0.782. The highest BCUT2D eigenvalue weighted by Crippen LogP contribution is 2.32. The summed E-state index contributed by atoms with van der Waals surface area (Å²) in [6, 6.07) is 0. The first-order valence-corrected chi connectivity index (χ1v) is 6.84. The number of rotatable bonds is 4. The van der Waals surface area contributed by atoms with E-state index in [9.17, 15) is 0 Å². The Morgan fingerprint density at radius 2 is 1.83 bits per heavy atom. The largest absolute Gasteiger partial charge is 0.381 e. The average molecular weight is 258 g/mol. The molecule has 106 valence electrons. The summed E-state index contributed by atoms with van der Waals surface area (Å²) in [6.07, 6.45) is 3.51.